The fourth-order valence-corrected chi connectivity index (χ4v) is 1.46. The fourth-order valence-electron chi connectivity index (χ4n) is 0.162. The van der Waals surface area contributed by atoms with Crippen molar-refractivity contribution >= 4 is 20.4 Å². The molecule has 0 fully saturated rings. The first-order valence-electron chi connectivity index (χ1n) is 1.59. The molecular formula is CH3FLiNO4S2. The summed E-state index contributed by atoms with van der Waals surface area (Å²) in [4.78, 5) is 0. The molecule has 10 heavy (non-hydrogen) atoms. The number of hydrogen-bond donors (Lipinski definition) is 0. The second-order valence-electron chi connectivity index (χ2n) is 1.22. The standard InChI is InChI=1S/CH3FNO4S2.Li/c1-8(4,5)3-9(2,6)7;/h1H3;/q-1;+1. The van der Waals surface area contributed by atoms with E-state index in [1.165, 1.54) is 0 Å². The van der Waals surface area contributed by atoms with Crippen LogP contribution in [0.5, 0.6) is 0 Å². The Hall–Kier alpha value is 0.387. The molecule has 0 heterocycles. The summed E-state index contributed by atoms with van der Waals surface area (Å²) in [5, 5.41) is 0. The van der Waals surface area contributed by atoms with Crippen LogP contribution >= 0.6 is 0 Å². The normalized spacial score (nSPS) is 12.2. The molecule has 56 valence electrons. The first-order chi connectivity index (χ1) is 3.71. The molecule has 0 atom stereocenters. The van der Waals surface area contributed by atoms with Crippen molar-refractivity contribution in [3.63, 3.8) is 0 Å². The summed E-state index contributed by atoms with van der Waals surface area (Å²) in [6.45, 7) is 0. The van der Waals surface area contributed by atoms with Crippen molar-refractivity contribution in [2.45, 2.75) is 0 Å². The first-order valence-corrected chi connectivity index (χ1v) is 4.78. The molecule has 0 aromatic carbocycles. The van der Waals surface area contributed by atoms with Crippen LogP contribution in [0.3, 0.4) is 0 Å². The van der Waals surface area contributed by atoms with Crippen LogP contribution in [-0.4, -0.2) is 23.1 Å². The molecular weight excluding hydrogens is 180 g/mol. The average Bonchev–Trinajstić information content (AvgIpc) is 1.14. The smallest absolute Gasteiger partial charge is 0.408 e. The third-order valence-electron chi connectivity index (χ3n) is 0.224. The first kappa shape index (κ1) is 13.0. The Bertz CT molecular complexity index is 248. The molecule has 0 unspecified atom stereocenters. The minimum absolute atomic E-state index is 0. The van der Waals surface area contributed by atoms with Gasteiger partial charge in [0.25, 0.3) is 0 Å². The van der Waals surface area contributed by atoms with Gasteiger partial charge in [0.1, 0.15) is 0 Å². The second-order valence-corrected chi connectivity index (χ2v) is 4.11. The van der Waals surface area contributed by atoms with E-state index in [1.54, 1.807) is 0 Å². The molecule has 0 aliphatic rings. The van der Waals surface area contributed by atoms with Gasteiger partial charge in [-0.15, -0.1) is 3.89 Å². The van der Waals surface area contributed by atoms with E-state index < -0.39 is 20.4 Å². The van der Waals surface area contributed by atoms with Crippen molar-refractivity contribution in [1.82, 2.24) is 0 Å². The molecule has 5 nitrogen and oxygen atoms in total. The van der Waals surface area contributed by atoms with Crippen LogP contribution in [0.25, 0.3) is 4.13 Å². The molecule has 0 aromatic rings. The Morgan fingerprint density at radius 3 is 1.50 bits per heavy atom. The van der Waals surface area contributed by atoms with E-state index in [0.717, 1.165) is 0 Å². The minimum Gasteiger partial charge on any atom is -0.408 e. The van der Waals surface area contributed by atoms with Gasteiger partial charge in [-0.25, -0.2) is 16.8 Å². The van der Waals surface area contributed by atoms with Crippen molar-refractivity contribution in [2.75, 3.05) is 6.26 Å². The minimum atomic E-state index is -5.24. The Kier molecular flexibility index (Phi) is 4.79. The van der Waals surface area contributed by atoms with E-state index in [-0.39, 0.29) is 18.9 Å². The molecule has 9 heteroatoms. The Balaban J connectivity index is 0. The molecule has 0 aliphatic heterocycles. The number of hydrogen-bond acceptors (Lipinski definition) is 4. The maximum absolute atomic E-state index is 11.3. The molecule has 0 saturated heterocycles. The van der Waals surface area contributed by atoms with Crippen LogP contribution in [-0.2, 0) is 20.4 Å². The molecule has 0 rings (SSSR count). The largest absolute Gasteiger partial charge is 1.00 e. The topological polar surface area (TPSA) is 82.4 Å². The maximum Gasteiger partial charge on any atom is 1.00 e. The third kappa shape index (κ3) is 11.2. The SMILES string of the molecule is CS(=O)(=O)[N-]S(=O)(=O)F.[Li+]. The zero-order chi connectivity index (χ0) is 7.71. The maximum atomic E-state index is 11.3. The number of rotatable bonds is 2. The van der Waals surface area contributed by atoms with Gasteiger partial charge in [-0.05, 0) is 0 Å². The summed E-state index contributed by atoms with van der Waals surface area (Å²) in [5.74, 6) is 0. The van der Waals surface area contributed by atoms with Gasteiger partial charge in [-0.1, -0.05) is 0 Å². The van der Waals surface area contributed by atoms with E-state index >= 15 is 0 Å². The van der Waals surface area contributed by atoms with Gasteiger partial charge >= 0.3 is 18.9 Å². The van der Waals surface area contributed by atoms with Crippen molar-refractivity contribution in [3.05, 3.63) is 4.13 Å². The van der Waals surface area contributed by atoms with Crippen LogP contribution < -0.4 is 18.9 Å². The van der Waals surface area contributed by atoms with E-state index in [9.17, 15) is 20.7 Å². The predicted octanol–water partition coefficient (Wildman–Crippen LogP) is -3.46. The molecule has 0 bridgehead atoms. The molecule has 0 radical (unpaired) electrons. The summed E-state index contributed by atoms with van der Waals surface area (Å²) in [6.07, 6.45) is 0.476. The van der Waals surface area contributed by atoms with Crippen molar-refractivity contribution < 1.29 is 39.6 Å². The zero-order valence-electron chi connectivity index (χ0n) is 5.27. The number of halogens is 1. The summed E-state index contributed by atoms with van der Waals surface area (Å²) < 4.78 is 51.7. The summed E-state index contributed by atoms with van der Waals surface area (Å²) in [7, 11) is -9.36. The van der Waals surface area contributed by atoms with E-state index in [2.05, 4.69) is 0 Å². The summed E-state index contributed by atoms with van der Waals surface area (Å²) >= 11 is 0. The van der Waals surface area contributed by atoms with Gasteiger partial charge in [0.2, 0.25) is 10.4 Å². The third-order valence-corrected chi connectivity index (χ3v) is 2.02. The molecule has 0 N–H and O–H groups in total. The van der Waals surface area contributed by atoms with Gasteiger partial charge in [0.05, 0.1) is 10.0 Å². The number of nitrogens with zero attached hydrogens (tertiary/aromatic N) is 1. The van der Waals surface area contributed by atoms with Crippen LogP contribution in [0.4, 0.5) is 3.89 Å². The fraction of sp³-hybridized carbons (Fsp3) is 1.00. The van der Waals surface area contributed by atoms with Crippen LogP contribution in [0.1, 0.15) is 0 Å². The van der Waals surface area contributed by atoms with E-state index in [1.807, 2.05) is 4.13 Å². The van der Waals surface area contributed by atoms with E-state index in [4.69, 9.17) is 0 Å². The van der Waals surface area contributed by atoms with Crippen molar-refractivity contribution in [3.8, 4) is 0 Å². The average molecular weight is 183 g/mol. The molecule has 0 spiro atoms. The molecule has 0 saturated carbocycles. The van der Waals surface area contributed by atoms with Crippen molar-refractivity contribution in [1.29, 1.82) is 0 Å². The molecule has 0 aliphatic carbocycles. The van der Waals surface area contributed by atoms with Gasteiger partial charge in [-0.3, -0.25) is 0 Å². The van der Waals surface area contributed by atoms with Gasteiger partial charge < -0.3 is 4.13 Å². The second kappa shape index (κ2) is 3.68. The van der Waals surface area contributed by atoms with Crippen LogP contribution in [0, 0.1) is 0 Å². The van der Waals surface area contributed by atoms with Crippen molar-refractivity contribution in [2.24, 2.45) is 0 Å². The predicted molar refractivity (Wildman–Crippen MR) is 28.2 cm³/mol. The summed E-state index contributed by atoms with van der Waals surface area (Å²) in [6, 6.07) is 0. The monoisotopic (exact) mass is 183 g/mol. The quantitative estimate of drug-likeness (QED) is 0.329. The van der Waals surface area contributed by atoms with Gasteiger partial charge in [-0.2, -0.15) is 0 Å². The van der Waals surface area contributed by atoms with Gasteiger partial charge in [0.15, 0.2) is 0 Å². The van der Waals surface area contributed by atoms with Gasteiger partial charge in [0, 0.05) is 6.26 Å². The Labute approximate surface area is 70.6 Å². The molecule has 0 aromatic heterocycles. The zero-order valence-corrected chi connectivity index (χ0v) is 6.91. The molecule has 0 amide bonds. The van der Waals surface area contributed by atoms with Crippen LogP contribution in [0.2, 0.25) is 0 Å². The Morgan fingerprint density at radius 1 is 1.20 bits per heavy atom. The summed E-state index contributed by atoms with van der Waals surface area (Å²) in [5.41, 5.74) is 0. The Morgan fingerprint density at radius 2 is 1.50 bits per heavy atom. The number of sulfonamides is 1. The van der Waals surface area contributed by atoms with E-state index in [0.29, 0.717) is 6.26 Å². The van der Waals surface area contributed by atoms with Crippen LogP contribution in [0.15, 0.2) is 0 Å².